The summed E-state index contributed by atoms with van der Waals surface area (Å²) in [6.45, 7) is 0. The van der Waals surface area contributed by atoms with E-state index in [9.17, 15) is 4.79 Å². The van der Waals surface area contributed by atoms with Crippen LogP contribution in [0.2, 0.25) is 5.02 Å². The number of hydrogen-bond acceptors (Lipinski definition) is 3. The van der Waals surface area contributed by atoms with Crippen LogP contribution in [-0.2, 0) is 0 Å². The van der Waals surface area contributed by atoms with Crippen LogP contribution in [0.3, 0.4) is 0 Å². The summed E-state index contributed by atoms with van der Waals surface area (Å²) in [7, 11) is 0. The van der Waals surface area contributed by atoms with Crippen LogP contribution in [0, 0.1) is 17.2 Å². The number of carbonyl (C=O) groups is 1. The van der Waals surface area contributed by atoms with E-state index < -0.39 is 0 Å². The van der Waals surface area contributed by atoms with E-state index in [1.807, 2.05) is 0 Å². The lowest BCUT2D eigenvalue weighted by Crippen LogP contribution is -2.37. The van der Waals surface area contributed by atoms with Gasteiger partial charge >= 0.3 is 0 Å². The molecule has 0 spiro atoms. The molecule has 1 aliphatic carbocycles. The molecular formula is C12H12ClN3O. The lowest BCUT2D eigenvalue weighted by Gasteiger charge is -2.15. The summed E-state index contributed by atoms with van der Waals surface area (Å²) in [5, 5.41) is 12.2. The highest BCUT2D eigenvalue weighted by Crippen LogP contribution is 2.25. The second-order valence-corrected chi connectivity index (χ2v) is 4.54. The minimum absolute atomic E-state index is 0.0618. The minimum Gasteiger partial charge on any atom is -0.347 e. The molecule has 1 fully saturated rings. The van der Waals surface area contributed by atoms with Crippen LogP contribution in [0.5, 0.6) is 0 Å². The Morgan fingerprint density at radius 2 is 2.41 bits per heavy atom. The molecule has 1 aliphatic rings. The third kappa shape index (κ3) is 2.75. The number of nitrogens with zero attached hydrogens (tertiary/aromatic N) is 2. The topological polar surface area (TPSA) is 65.8 Å². The first-order valence-electron chi connectivity index (χ1n) is 5.53. The van der Waals surface area contributed by atoms with Gasteiger partial charge in [-0.1, -0.05) is 11.6 Å². The van der Waals surface area contributed by atoms with Gasteiger partial charge in [0.15, 0.2) is 0 Å². The van der Waals surface area contributed by atoms with Crippen LogP contribution >= 0.6 is 11.6 Å². The van der Waals surface area contributed by atoms with Gasteiger partial charge in [-0.2, -0.15) is 5.26 Å². The SMILES string of the molecule is N#CC1CCCC1NC(=O)c1cc(Cl)ccn1. The van der Waals surface area contributed by atoms with Crippen LogP contribution in [0.25, 0.3) is 0 Å². The molecule has 0 aromatic carbocycles. The standard InChI is InChI=1S/C12H12ClN3O/c13-9-4-5-15-11(6-9)12(17)16-10-3-1-2-8(10)7-14/h4-6,8,10H,1-3H2,(H,16,17). The van der Waals surface area contributed by atoms with Gasteiger partial charge < -0.3 is 5.32 Å². The smallest absolute Gasteiger partial charge is 0.270 e. The van der Waals surface area contributed by atoms with E-state index in [-0.39, 0.29) is 17.9 Å². The van der Waals surface area contributed by atoms with Crippen molar-refractivity contribution in [3.8, 4) is 6.07 Å². The molecule has 2 atom stereocenters. The number of rotatable bonds is 2. The van der Waals surface area contributed by atoms with Gasteiger partial charge in [-0.3, -0.25) is 9.78 Å². The predicted octanol–water partition coefficient (Wildman–Crippen LogP) is 2.16. The summed E-state index contributed by atoms with van der Waals surface area (Å²) in [6, 6.07) is 5.30. The van der Waals surface area contributed by atoms with E-state index in [2.05, 4.69) is 16.4 Å². The first-order valence-corrected chi connectivity index (χ1v) is 5.90. The monoisotopic (exact) mass is 249 g/mol. The molecular weight excluding hydrogens is 238 g/mol. The van der Waals surface area contributed by atoms with Crippen LogP contribution in [-0.4, -0.2) is 16.9 Å². The highest BCUT2D eigenvalue weighted by atomic mass is 35.5. The molecule has 5 heteroatoms. The van der Waals surface area contributed by atoms with Crippen molar-refractivity contribution >= 4 is 17.5 Å². The Balaban J connectivity index is 2.05. The number of hydrogen-bond donors (Lipinski definition) is 1. The van der Waals surface area contributed by atoms with Crippen molar-refractivity contribution in [2.75, 3.05) is 0 Å². The highest BCUT2D eigenvalue weighted by Gasteiger charge is 2.28. The number of aromatic nitrogens is 1. The fourth-order valence-corrected chi connectivity index (χ4v) is 2.22. The molecule has 17 heavy (non-hydrogen) atoms. The average Bonchev–Trinajstić information content (AvgIpc) is 2.76. The predicted molar refractivity (Wildman–Crippen MR) is 63.5 cm³/mol. The van der Waals surface area contributed by atoms with Crippen molar-refractivity contribution in [3.05, 3.63) is 29.0 Å². The third-order valence-electron chi connectivity index (χ3n) is 2.95. The molecule has 1 N–H and O–H groups in total. The first-order chi connectivity index (χ1) is 8.20. The number of nitrogens with one attached hydrogen (secondary N) is 1. The van der Waals surface area contributed by atoms with E-state index >= 15 is 0 Å². The molecule has 1 aromatic rings. The Morgan fingerprint density at radius 3 is 3.12 bits per heavy atom. The molecule has 0 radical (unpaired) electrons. The maximum Gasteiger partial charge on any atom is 0.270 e. The van der Waals surface area contributed by atoms with Gasteiger partial charge in [-0.25, -0.2) is 0 Å². The second-order valence-electron chi connectivity index (χ2n) is 4.11. The van der Waals surface area contributed by atoms with E-state index in [4.69, 9.17) is 16.9 Å². The fourth-order valence-electron chi connectivity index (χ4n) is 2.06. The van der Waals surface area contributed by atoms with Gasteiger partial charge in [-0.05, 0) is 31.4 Å². The Kier molecular flexibility index (Phi) is 3.60. The number of pyridine rings is 1. The minimum atomic E-state index is -0.264. The summed E-state index contributed by atoms with van der Waals surface area (Å²) in [5.74, 6) is -0.349. The molecule has 2 rings (SSSR count). The van der Waals surface area contributed by atoms with Crippen LogP contribution in [0.1, 0.15) is 29.8 Å². The number of carbonyl (C=O) groups excluding carboxylic acids is 1. The summed E-state index contributed by atoms with van der Waals surface area (Å²) < 4.78 is 0. The van der Waals surface area contributed by atoms with Crippen molar-refractivity contribution in [3.63, 3.8) is 0 Å². The number of nitriles is 1. The summed E-state index contributed by atoms with van der Waals surface area (Å²) >= 11 is 5.79. The molecule has 2 unspecified atom stereocenters. The maximum absolute atomic E-state index is 11.9. The zero-order valence-electron chi connectivity index (χ0n) is 9.19. The maximum atomic E-state index is 11.9. The van der Waals surface area contributed by atoms with Crippen molar-refractivity contribution in [2.45, 2.75) is 25.3 Å². The van der Waals surface area contributed by atoms with Gasteiger partial charge in [0.1, 0.15) is 5.69 Å². The van der Waals surface area contributed by atoms with E-state index in [1.165, 1.54) is 12.3 Å². The Morgan fingerprint density at radius 1 is 1.59 bits per heavy atom. The third-order valence-corrected chi connectivity index (χ3v) is 3.19. The molecule has 1 saturated carbocycles. The second kappa shape index (κ2) is 5.15. The summed E-state index contributed by atoms with van der Waals surface area (Å²) in [4.78, 5) is 15.8. The molecule has 1 heterocycles. The Hall–Kier alpha value is -1.60. The van der Waals surface area contributed by atoms with Crippen LogP contribution < -0.4 is 5.32 Å². The van der Waals surface area contributed by atoms with Gasteiger partial charge in [0.25, 0.3) is 5.91 Å². The fraction of sp³-hybridized carbons (Fsp3) is 0.417. The van der Waals surface area contributed by atoms with Crippen molar-refractivity contribution in [1.82, 2.24) is 10.3 Å². The molecule has 1 aromatic heterocycles. The van der Waals surface area contributed by atoms with Gasteiger partial charge in [0.2, 0.25) is 0 Å². The molecule has 88 valence electrons. The zero-order valence-corrected chi connectivity index (χ0v) is 9.94. The number of amides is 1. The molecule has 1 amide bonds. The Bertz CT molecular complexity index is 469. The van der Waals surface area contributed by atoms with Crippen LogP contribution in [0.15, 0.2) is 18.3 Å². The Labute approximate surface area is 105 Å². The molecule has 0 saturated heterocycles. The summed E-state index contributed by atoms with van der Waals surface area (Å²) in [5.41, 5.74) is 0.293. The highest BCUT2D eigenvalue weighted by molar-refractivity contribution is 6.30. The lowest BCUT2D eigenvalue weighted by atomic mass is 10.1. The van der Waals surface area contributed by atoms with Gasteiger partial charge in [-0.15, -0.1) is 0 Å². The van der Waals surface area contributed by atoms with E-state index in [0.29, 0.717) is 10.7 Å². The quantitative estimate of drug-likeness (QED) is 0.873. The largest absolute Gasteiger partial charge is 0.347 e. The molecule has 0 aliphatic heterocycles. The molecule has 4 nitrogen and oxygen atoms in total. The molecule has 0 bridgehead atoms. The zero-order chi connectivity index (χ0) is 12.3. The number of halogens is 1. The van der Waals surface area contributed by atoms with Crippen molar-refractivity contribution in [1.29, 1.82) is 5.26 Å². The van der Waals surface area contributed by atoms with Gasteiger partial charge in [0, 0.05) is 17.3 Å². The average molecular weight is 250 g/mol. The van der Waals surface area contributed by atoms with Crippen LogP contribution in [0.4, 0.5) is 0 Å². The van der Waals surface area contributed by atoms with E-state index in [0.717, 1.165) is 19.3 Å². The van der Waals surface area contributed by atoms with Gasteiger partial charge in [0.05, 0.1) is 12.0 Å². The lowest BCUT2D eigenvalue weighted by molar-refractivity contribution is 0.0928. The van der Waals surface area contributed by atoms with Crippen molar-refractivity contribution < 1.29 is 4.79 Å². The van der Waals surface area contributed by atoms with Crippen molar-refractivity contribution in [2.24, 2.45) is 5.92 Å². The normalized spacial score (nSPS) is 23.1. The first kappa shape index (κ1) is 11.9. The van der Waals surface area contributed by atoms with E-state index in [1.54, 1.807) is 6.07 Å². The summed E-state index contributed by atoms with van der Waals surface area (Å²) in [6.07, 6.45) is 4.18.